The normalized spacial score (nSPS) is 18.3. The van der Waals surface area contributed by atoms with E-state index in [0.717, 1.165) is 6.42 Å². The molecule has 1 aliphatic rings. The third-order valence-electron chi connectivity index (χ3n) is 3.39. The number of rotatable bonds is 4. The van der Waals surface area contributed by atoms with Crippen LogP contribution in [0.4, 0.5) is 0 Å². The van der Waals surface area contributed by atoms with Gasteiger partial charge < -0.3 is 0 Å². The maximum Gasteiger partial charge on any atom is 0.0933 e. The molecule has 0 saturated heterocycles. The van der Waals surface area contributed by atoms with Crippen LogP contribution in [0.5, 0.6) is 0 Å². The SMILES string of the molecule is Brc1cc2c(s1)CCCC2NOCc1ccccc1. The van der Waals surface area contributed by atoms with Crippen molar-refractivity contribution in [3.8, 4) is 0 Å². The number of hydrogen-bond acceptors (Lipinski definition) is 3. The minimum atomic E-state index is 0.329. The number of aryl methyl sites for hydroxylation is 1. The number of benzene rings is 1. The summed E-state index contributed by atoms with van der Waals surface area (Å²) in [6.45, 7) is 0.609. The maximum absolute atomic E-state index is 5.66. The minimum Gasteiger partial charge on any atom is -0.296 e. The second kappa shape index (κ2) is 6.18. The van der Waals surface area contributed by atoms with Crippen molar-refractivity contribution < 1.29 is 4.84 Å². The highest BCUT2D eigenvalue weighted by atomic mass is 79.9. The fraction of sp³-hybridized carbons (Fsp3) is 0.333. The summed E-state index contributed by atoms with van der Waals surface area (Å²) in [4.78, 5) is 7.15. The van der Waals surface area contributed by atoms with Crippen molar-refractivity contribution in [1.29, 1.82) is 0 Å². The molecular weight excluding hydrogens is 322 g/mol. The highest BCUT2D eigenvalue weighted by Crippen LogP contribution is 2.37. The second-order valence-electron chi connectivity index (χ2n) is 4.77. The van der Waals surface area contributed by atoms with Gasteiger partial charge >= 0.3 is 0 Å². The Morgan fingerprint density at radius 1 is 1.32 bits per heavy atom. The first-order valence-electron chi connectivity index (χ1n) is 6.52. The summed E-state index contributed by atoms with van der Waals surface area (Å²) in [5.41, 5.74) is 5.82. The standard InChI is InChI=1S/C15H16BrNOS/c16-15-9-12-13(7-4-8-14(12)19-15)17-18-10-11-5-2-1-3-6-11/h1-3,5-6,9,13,17H,4,7-8,10H2. The molecule has 0 saturated carbocycles. The number of halogens is 1. The molecule has 19 heavy (non-hydrogen) atoms. The van der Waals surface area contributed by atoms with Crippen LogP contribution in [0, 0.1) is 0 Å². The zero-order chi connectivity index (χ0) is 13.1. The first kappa shape index (κ1) is 13.3. The number of hydrogen-bond donors (Lipinski definition) is 1. The number of thiophene rings is 1. The van der Waals surface area contributed by atoms with Crippen molar-refractivity contribution in [2.45, 2.75) is 31.9 Å². The maximum atomic E-state index is 5.66. The Balaban J connectivity index is 1.59. The fourth-order valence-corrected chi connectivity index (χ4v) is 4.26. The van der Waals surface area contributed by atoms with Crippen LogP contribution in [0.2, 0.25) is 0 Å². The highest BCUT2D eigenvalue weighted by molar-refractivity contribution is 9.11. The van der Waals surface area contributed by atoms with Gasteiger partial charge in [-0.3, -0.25) is 4.84 Å². The van der Waals surface area contributed by atoms with Crippen LogP contribution in [-0.2, 0) is 17.9 Å². The Hall–Kier alpha value is -0.680. The van der Waals surface area contributed by atoms with Crippen LogP contribution in [0.15, 0.2) is 40.2 Å². The molecule has 0 radical (unpaired) electrons. The summed E-state index contributed by atoms with van der Waals surface area (Å²) in [7, 11) is 0. The lowest BCUT2D eigenvalue weighted by molar-refractivity contribution is -0.000692. The summed E-state index contributed by atoms with van der Waals surface area (Å²) in [5, 5.41) is 0. The van der Waals surface area contributed by atoms with Gasteiger partial charge in [0.25, 0.3) is 0 Å². The number of hydroxylamine groups is 1. The van der Waals surface area contributed by atoms with Gasteiger partial charge in [0.05, 0.1) is 16.4 Å². The number of nitrogens with one attached hydrogen (secondary N) is 1. The molecule has 0 spiro atoms. The molecule has 1 heterocycles. The van der Waals surface area contributed by atoms with E-state index >= 15 is 0 Å². The predicted molar refractivity (Wildman–Crippen MR) is 82.1 cm³/mol. The van der Waals surface area contributed by atoms with Crippen molar-refractivity contribution in [1.82, 2.24) is 5.48 Å². The van der Waals surface area contributed by atoms with Gasteiger partial charge in [-0.2, -0.15) is 5.48 Å². The van der Waals surface area contributed by atoms with Crippen molar-refractivity contribution in [2.24, 2.45) is 0 Å². The van der Waals surface area contributed by atoms with Crippen molar-refractivity contribution in [2.75, 3.05) is 0 Å². The first-order valence-corrected chi connectivity index (χ1v) is 8.13. The Kier molecular flexibility index (Phi) is 4.33. The fourth-order valence-electron chi connectivity index (χ4n) is 2.44. The van der Waals surface area contributed by atoms with Crippen LogP contribution in [0.1, 0.15) is 34.9 Å². The topological polar surface area (TPSA) is 21.3 Å². The van der Waals surface area contributed by atoms with Gasteiger partial charge in [0.2, 0.25) is 0 Å². The Morgan fingerprint density at radius 3 is 3.00 bits per heavy atom. The summed E-state index contributed by atoms with van der Waals surface area (Å²) < 4.78 is 1.22. The molecule has 3 rings (SSSR count). The van der Waals surface area contributed by atoms with Crippen LogP contribution in [0.3, 0.4) is 0 Å². The lowest BCUT2D eigenvalue weighted by Gasteiger charge is -2.23. The second-order valence-corrected chi connectivity index (χ2v) is 7.28. The molecule has 0 aliphatic heterocycles. The highest BCUT2D eigenvalue weighted by Gasteiger charge is 2.22. The quantitative estimate of drug-likeness (QED) is 0.822. The van der Waals surface area contributed by atoms with E-state index in [0.29, 0.717) is 12.6 Å². The average molecular weight is 338 g/mol. The molecule has 0 bridgehead atoms. The summed E-state index contributed by atoms with van der Waals surface area (Å²) >= 11 is 5.42. The molecule has 2 nitrogen and oxygen atoms in total. The molecule has 2 aromatic rings. The molecule has 4 heteroatoms. The molecule has 1 aromatic carbocycles. The van der Waals surface area contributed by atoms with Crippen molar-refractivity contribution >= 4 is 27.3 Å². The zero-order valence-electron chi connectivity index (χ0n) is 10.6. The van der Waals surface area contributed by atoms with Crippen molar-refractivity contribution in [3.63, 3.8) is 0 Å². The lowest BCUT2D eigenvalue weighted by atomic mass is 9.95. The summed E-state index contributed by atoms with van der Waals surface area (Å²) in [6.07, 6.45) is 3.57. The van der Waals surface area contributed by atoms with Gasteiger partial charge in [0.1, 0.15) is 0 Å². The molecule has 100 valence electrons. The van der Waals surface area contributed by atoms with Crippen LogP contribution >= 0.6 is 27.3 Å². The number of fused-ring (bicyclic) bond motifs is 1. The average Bonchev–Trinajstić information content (AvgIpc) is 2.81. The van der Waals surface area contributed by atoms with Gasteiger partial charge in [0, 0.05) is 4.88 Å². The lowest BCUT2D eigenvalue weighted by Crippen LogP contribution is -2.24. The summed E-state index contributed by atoms with van der Waals surface area (Å²) in [5.74, 6) is 0. The van der Waals surface area contributed by atoms with E-state index in [-0.39, 0.29) is 0 Å². The largest absolute Gasteiger partial charge is 0.296 e. The summed E-state index contributed by atoms with van der Waals surface area (Å²) in [6, 6.07) is 12.8. The van der Waals surface area contributed by atoms with Crippen LogP contribution in [0.25, 0.3) is 0 Å². The van der Waals surface area contributed by atoms with Crippen LogP contribution < -0.4 is 5.48 Å². The molecule has 1 unspecified atom stereocenters. The minimum absolute atomic E-state index is 0.329. The van der Waals surface area contributed by atoms with Gasteiger partial charge in [-0.05, 0) is 52.4 Å². The van der Waals surface area contributed by atoms with Crippen LogP contribution in [-0.4, -0.2) is 0 Å². The third kappa shape index (κ3) is 3.26. The smallest absolute Gasteiger partial charge is 0.0933 e. The van der Waals surface area contributed by atoms with Crippen molar-refractivity contribution in [3.05, 3.63) is 56.2 Å². The van der Waals surface area contributed by atoms with E-state index < -0.39 is 0 Å². The van der Waals surface area contributed by atoms with E-state index in [2.05, 4.69) is 39.6 Å². The molecular formula is C15H16BrNOS. The van der Waals surface area contributed by atoms with E-state index in [1.807, 2.05) is 29.5 Å². The monoisotopic (exact) mass is 337 g/mol. The zero-order valence-corrected chi connectivity index (χ0v) is 13.0. The molecule has 0 fully saturated rings. The van der Waals surface area contributed by atoms with E-state index in [9.17, 15) is 0 Å². The molecule has 0 amide bonds. The molecule has 1 aromatic heterocycles. The predicted octanol–water partition coefficient (Wildman–Crippen LogP) is 4.61. The van der Waals surface area contributed by atoms with Gasteiger partial charge in [-0.25, -0.2) is 0 Å². The van der Waals surface area contributed by atoms with Gasteiger partial charge in [-0.15, -0.1) is 11.3 Å². The Bertz CT molecular complexity index is 540. The molecule has 1 N–H and O–H groups in total. The Morgan fingerprint density at radius 2 is 2.16 bits per heavy atom. The molecule has 1 atom stereocenters. The van der Waals surface area contributed by atoms with E-state index in [1.54, 1.807) is 0 Å². The van der Waals surface area contributed by atoms with Gasteiger partial charge in [-0.1, -0.05) is 30.3 Å². The third-order valence-corrected chi connectivity index (χ3v) is 5.10. The molecule has 1 aliphatic carbocycles. The van der Waals surface area contributed by atoms with E-state index in [1.165, 1.54) is 32.6 Å². The Labute approximate surface area is 125 Å². The first-order chi connectivity index (χ1) is 9.33. The van der Waals surface area contributed by atoms with E-state index in [4.69, 9.17) is 4.84 Å². The van der Waals surface area contributed by atoms with Gasteiger partial charge in [0.15, 0.2) is 0 Å².